The number of nitrogens with one attached hydrogen (secondary N) is 1. The molecule has 2 aliphatic carbocycles. The van der Waals surface area contributed by atoms with Crippen molar-refractivity contribution in [2.75, 3.05) is 11.1 Å². The average molecular weight is 485 g/mol. The average Bonchev–Trinajstić information content (AvgIpc) is 3.38. The first kappa shape index (κ1) is 23.2. The van der Waals surface area contributed by atoms with Crippen LogP contribution in [0.3, 0.4) is 0 Å². The van der Waals surface area contributed by atoms with Gasteiger partial charge in [0.1, 0.15) is 11.9 Å². The molecule has 0 saturated heterocycles. The normalized spacial score (nSPS) is 27.7. The summed E-state index contributed by atoms with van der Waals surface area (Å²) in [6.07, 6.45) is 0.324. The number of thioether (sulfide) groups is 1. The molecule has 1 unspecified atom stereocenters. The lowest BCUT2D eigenvalue weighted by Crippen LogP contribution is -2.46. The van der Waals surface area contributed by atoms with Gasteiger partial charge in [-0.25, -0.2) is 14.6 Å². The highest BCUT2D eigenvalue weighted by Crippen LogP contribution is 2.45. The van der Waals surface area contributed by atoms with E-state index in [9.17, 15) is 20.1 Å². The molecule has 0 amide bonds. The number of anilines is 1. The number of hydrogen-bond donors (Lipinski definition) is 4. The van der Waals surface area contributed by atoms with Crippen LogP contribution in [-0.4, -0.2) is 69.8 Å². The van der Waals surface area contributed by atoms with Crippen molar-refractivity contribution >= 4 is 34.5 Å². The maximum absolute atomic E-state index is 12.0. The zero-order chi connectivity index (χ0) is 24.0. The molecule has 34 heavy (non-hydrogen) atoms. The number of aliphatic hydroxyl groups excluding tert-OH is 1. The lowest BCUT2D eigenvalue weighted by Gasteiger charge is -2.25. The Morgan fingerprint density at radius 1 is 1.24 bits per heavy atom. The van der Waals surface area contributed by atoms with Crippen LogP contribution < -0.4 is 5.32 Å². The molecular weight excluding hydrogens is 456 g/mol. The van der Waals surface area contributed by atoms with Crippen LogP contribution in [0.4, 0.5) is 5.82 Å². The molecule has 0 spiro atoms. The number of rotatable bonds is 8. The van der Waals surface area contributed by atoms with E-state index < -0.39 is 29.6 Å². The van der Waals surface area contributed by atoms with E-state index in [1.165, 1.54) is 28.9 Å². The van der Waals surface area contributed by atoms with Crippen molar-refractivity contribution in [3.05, 3.63) is 35.9 Å². The quantitative estimate of drug-likeness (QED) is 0.212. The van der Waals surface area contributed by atoms with Crippen molar-refractivity contribution in [2.45, 2.75) is 68.2 Å². The van der Waals surface area contributed by atoms with E-state index in [1.807, 2.05) is 18.2 Å². The van der Waals surface area contributed by atoms with Crippen LogP contribution in [0.5, 0.6) is 0 Å². The predicted octanol–water partition coefficient (Wildman–Crippen LogP) is 1.88. The van der Waals surface area contributed by atoms with Gasteiger partial charge in [-0.05, 0) is 31.7 Å². The Morgan fingerprint density at radius 2 is 2.00 bits per heavy atom. The maximum Gasteiger partial charge on any atom is 0.201 e. The maximum atomic E-state index is 12.0. The SMILES string of the molecule is CCCSc1nc(NC2C[C@H]2c2ccccc2)c2nnn([C@@H]3C[C@H](C(C)=O)C(O)(O)[C@H]3O)c2n1. The molecule has 180 valence electrons. The fourth-order valence-corrected chi connectivity index (χ4v) is 5.42. The van der Waals surface area contributed by atoms with Gasteiger partial charge >= 0.3 is 0 Å². The Hall–Kier alpha value is -2.60. The lowest BCUT2D eigenvalue weighted by molar-refractivity contribution is -0.234. The van der Waals surface area contributed by atoms with Gasteiger partial charge in [-0.2, -0.15) is 0 Å². The van der Waals surface area contributed by atoms with Crippen molar-refractivity contribution in [1.82, 2.24) is 25.0 Å². The highest BCUT2D eigenvalue weighted by Gasteiger charge is 2.56. The fraction of sp³-hybridized carbons (Fsp3) is 0.522. The van der Waals surface area contributed by atoms with Gasteiger partial charge in [0.15, 0.2) is 22.1 Å². The zero-order valence-corrected chi connectivity index (χ0v) is 19.8. The van der Waals surface area contributed by atoms with Gasteiger partial charge in [-0.15, -0.1) is 5.10 Å². The number of benzene rings is 1. The van der Waals surface area contributed by atoms with E-state index >= 15 is 0 Å². The summed E-state index contributed by atoms with van der Waals surface area (Å²) in [5.41, 5.74) is 2.10. The standard InChI is InChI=1S/C23H28N6O4S/c1-3-9-34-22-25-20(24-16-10-14(16)13-7-5-4-6-8-13)18-21(26-22)29(28-27-18)17-11-15(12(2)30)23(32,33)19(17)31/h4-8,14-17,19,31-33H,3,9-11H2,1-2H3,(H,24,25,26)/t14-,15+,16?,17+,19-/m0/s1. The van der Waals surface area contributed by atoms with Crippen molar-refractivity contribution in [2.24, 2.45) is 5.92 Å². The minimum Gasteiger partial charge on any atom is -0.385 e. The molecule has 2 aromatic heterocycles. The van der Waals surface area contributed by atoms with E-state index in [0.717, 1.165) is 18.6 Å². The summed E-state index contributed by atoms with van der Waals surface area (Å²) in [6.45, 7) is 3.35. The first-order valence-electron chi connectivity index (χ1n) is 11.5. The third-order valence-corrected chi connectivity index (χ3v) is 7.73. The van der Waals surface area contributed by atoms with E-state index in [2.05, 4.69) is 44.7 Å². The molecule has 5 atom stereocenters. The van der Waals surface area contributed by atoms with Crippen LogP contribution in [0.25, 0.3) is 11.2 Å². The molecule has 11 heteroatoms. The molecule has 10 nitrogen and oxygen atoms in total. The highest BCUT2D eigenvalue weighted by molar-refractivity contribution is 7.99. The summed E-state index contributed by atoms with van der Waals surface area (Å²) in [5.74, 6) is -2.30. The molecule has 0 radical (unpaired) electrons. The van der Waals surface area contributed by atoms with Crippen molar-refractivity contribution in [3.63, 3.8) is 0 Å². The Bertz CT molecular complexity index is 1200. The third kappa shape index (κ3) is 4.06. The second-order valence-corrected chi connectivity index (χ2v) is 10.2. The van der Waals surface area contributed by atoms with Crippen LogP contribution in [0.1, 0.15) is 50.6 Å². The minimum absolute atomic E-state index is 0.0187. The van der Waals surface area contributed by atoms with E-state index in [1.54, 1.807) is 0 Å². The largest absolute Gasteiger partial charge is 0.385 e. The number of aromatic nitrogens is 5. The summed E-state index contributed by atoms with van der Waals surface area (Å²) in [4.78, 5) is 21.3. The summed E-state index contributed by atoms with van der Waals surface area (Å²) in [7, 11) is 0. The van der Waals surface area contributed by atoms with Gasteiger partial charge in [0.2, 0.25) is 5.79 Å². The molecule has 3 aromatic rings. The zero-order valence-electron chi connectivity index (χ0n) is 19.0. The summed E-state index contributed by atoms with van der Waals surface area (Å²) in [5, 5.41) is 44.0. The van der Waals surface area contributed by atoms with Crippen LogP contribution in [0.2, 0.25) is 0 Å². The number of hydrogen-bond acceptors (Lipinski definition) is 10. The fourth-order valence-electron chi connectivity index (χ4n) is 4.72. The molecule has 2 saturated carbocycles. The number of fused-ring (bicyclic) bond motifs is 1. The number of ketones is 1. The van der Waals surface area contributed by atoms with Gasteiger partial charge in [-0.1, -0.05) is 54.2 Å². The highest BCUT2D eigenvalue weighted by atomic mass is 32.2. The van der Waals surface area contributed by atoms with Gasteiger partial charge in [-0.3, -0.25) is 4.79 Å². The molecule has 0 bridgehead atoms. The van der Waals surface area contributed by atoms with Crippen LogP contribution >= 0.6 is 11.8 Å². The molecule has 2 fully saturated rings. The number of carbonyl (C=O) groups is 1. The Labute approximate surface area is 200 Å². The van der Waals surface area contributed by atoms with Gasteiger partial charge in [0.25, 0.3) is 0 Å². The van der Waals surface area contributed by atoms with E-state index in [0.29, 0.717) is 28.1 Å². The lowest BCUT2D eigenvalue weighted by atomic mass is 9.98. The minimum atomic E-state index is -2.54. The van der Waals surface area contributed by atoms with Gasteiger partial charge in [0, 0.05) is 17.7 Å². The number of Topliss-reactive ketones (excluding diaryl/α,β-unsaturated/α-hetero) is 1. The Kier molecular flexibility index (Phi) is 6.05. The number of nitrogens with zero attached hydrogens (tertiary/aromatic N) is 5. The monoisotopic (exact) mass is 484 g/mol. The number of carbonyl (C=O) groups excluding carboxylic acids is 1. The molecule has 4 N–H and O–H groups in total. The van der Waals surface area contributed by atoms with Crippen LogP contribution in [-0.2, 0) is 4.79 Å². The summed E-state index contributed by atoms with van der Waals surface area (Å²) < 4.78 is 1.40. The number of aliphatic hydroxyl groups is 3. The van der Waals surface area contributed by atoms with Gasteiger partial charge in [0.05, 0.1) is 12.0 Å². The van der Waals surface area contributed by atoms with Gasteiger partial charge < -0.3 is 20.6 Å². The topological polar surface area (TPSA) is 146 Å². The van der Waals surface area contributed by atoms with Crippen molar-refractivity contribution in [3.8, 4) is 0 Å². The van der Waals surface area contributed by atoms with Crippen molar-refractivity contribution < 1.29 is 20.1 Å². The summed E-state index contributed by atoms with van der Waals surface area (Å²) in [6, 6.07) is 9.63. The molecule has 2 aliphatic rings. The Balaban J connectivity index is 1.49. The van der Waals surface area contributed by atoms with E-state index in [4.69, 9.17) is 0 Å². The summed E-state index contributed by atoms with van der Waals surface area (Å²) >= 11 is 1.51. The molecular formula is C23H28N6O4S. The smallest absolute Gasteiger partial charge is 0.201 e. The second-order valence-electron chi connectivity index (χ2n) is 9.11. The first-order valence-corrected chi connectivity index (χ1v) is 12.5. The second kappa shape index (κ2) is 8.88. The molecule has 1 aromatic carbocycles. The molecule has 0 aliphatic heterocycles. The first-order chi connectivity index (χ1) is 16.3. The predicted molar refractivity (Wildman–Crippen MR) is 126 cm³/mol. The van der Waals surface area contributed by atoms with E-state index in [-0.39, 0.29) is 12.5 Å². The molecule has 5 rings (SSSR count). The third-order valence-electron chi connectivity index (χ3n) is 6.67. The van der Waals surface area contributed by atoms with Crippen molar-refractivity contribution in [1.29, 1.82) is 0 Å². The van der Waals surface area contributed by atoms with Crippen LogP contribution in [0.15, 0.2) is 35.5 Å². The Morgan fingerprint density at radius 3 is 2.68 bits per heavy atom. The molecule has 2 heterocycles. The van der Waals surface area contributed by atoms with Crippen LogP contribution in [0, 0.1) is 5.92 Å².